The summed E-state index contributed by atoms with van der Waals surface area (Å²) < 4.78 is 4.96. The highest BCUT2D eigenvalue weighted by Crippen LogP contribution is 2.08. The van der Waals surface area contributed by atoms with E-state index in [2.05, 4.69) is 5.32 Å². The van der Waals surface area contributed by atoms with E-state index in [0.717, 1.165) is 0 Å². The van der Waals surface area contributed by atoms with Crippen LogP contribution in [0.4, 0.5) is 4.79 Å². The number of nitrogens with one attached hydrogen (secondary N) is 1. The van der Waals surface area contributed by atoms with Gasteiger partial charge in [-0.15, -0.1) is 0 Å². The molecule has 0 aromatic carbocycles. The highest BCUT2D eigenvalue weighted by atomic mass is 16.6. The molecule has 0 saturated heterocycles. The van der Waals surface area contributed by atoms with Crippen LogP contribution in [0, 0.1) is 5.92 Å². The third-order valence-electron chi connectivity index (χ3n) is 1.77. The van der Waals surface area contributed by atoms with Crippen LogP contribution in [0.3, 0.4) is 0 Å². The number of ether oxygens (including phenoxy) is 1. The lowest BCUT2D eigenvalue weighted by Crippen LogP contribution is -2.46. The number of carboxylic acids is 1. The van der Waals surface area contributed by atoms with Gasteiger partial charge in [0.2, 0.25) is 0 Å². The van der Waals surface area contributed by atoms with Crippen molar-refractivity contribution in [1.82, 2.24) is 5.32 Å². The molecule has 0 saturated carbocycles. The zero-order chi connectivity index (χ0) is 15.6. The van der Waals surface area contributed by atoms with Crippen molar-refractivity contribution in [3.8, 4) is 0 Å². The number of hydrogen-bond acceptors (Lipinski definition) is 5. The van der Waals surface area contributed by atoms with Gasteiger partial charge in [0.15, 0.2) is 0 Å². The Morgan fingerprint density at radius 1 is 1.21 bits per heavy atom. The third kappa shape index (κ3) is 12.9. The van der Waals surface area contributed by atoms with E-state index in [4.69, 9.17) is 21.3 Å². The first-order valence-electron chi connectivity index (χ1n) is 6.17. The second-order valence-corrected chi connectivity index (χ2v) is 5.28. The van der Waals surface area contributed by atoms with Crippen molar-refractivity contribution in [1.29, 1.82) is 0 Å². The Bertz CT molecular complexity index is 273. The number of carbonyl (C=O) groups is 2. The Hall–Kier alpha value is -1.34. The molecule has 0 unspecified atom stereocenters. The molecule has 7 nitrogen and oxygen atoms in total. The average Bonchev–Trinajstić information content (AvgIpc) is 2.23. The minimum atomic E-state index is -1.06. The Morgan fingerprint density at radius 2 is 1.63 bits per heavy atom. The molecule has 19 heavy (non-hydrogen) atoms. The molecule has 0 heterocycles. The van der Waals surface area contributed by atoms with Crippen LogP contribution in [-0.4, -0.2) is 41.9 Å². The van der Waals surface area contributed by atoms with Gasteiger partial charge in [-0.1, -0.05) is 13.8 Å². The van der Waals surface area contributed by atoms with Gasteiger partial charge in [0.05, 0.1) is 0 Å². The fraction of sp³-hybridized carbons (Fsp3) is 0.833. The molecule has 0 aliphatic heterocycles. The molecule has 0 aliphatic carbocycles. The normalized spacial score (nSPS) is 12.2. The molecule has 0 aromatic heterocycles. The van der Waals surface area contributed by atoms with Crippen molar-refractivity contribution >= 4 is 12.1 Å². The SMILES string of the molecule is CC(C)[C@H](NC(=O)OC(C)(C)C)C(=O)O.NCCN. The van der Waals surface area contributed by atoms with Crippen LogP contribution in [0.2, 0.25) is 0 Å². The fourth-order valence-electron chi connectivity index (χ4n) is 0.948. The van der Waals surface area contributed by atoms with Crippen molar-refractivity contribution in [2.24, 2.45) is 17.4 Å². The summed E-state index contributed by atoms with van der Waals surface area (Å²) in [4.78, 5) is 22.1. The largest absolute Gasteiger partial charge is 0.480 e. The van der Waals surface area contributed by atoms with Crippen LogP contribution in [0.25, 0.3) is 0 Å². The number of hydrogen-bond donors (Lipinski definition) is 4. The van der Waals surface area contributed by atoms with E-state index in [9.17, 15) is 9.59 Å². The number of aliphatic carboxylic acids is 1. The van der Waals surface area contributed by atoms with Crippen LogP contribution in [0.5, 0.6) is 0 Å². The van der Waals surface area contributed by atoms with Gasteiger partial charge in [-0.3, -0.25) is 0 Å². The van der Waals surface area contributed by atoms with E-state index >= 15 is 0 Å². The Morgan fingerprint density at radius 3 is 1.84 bits per heavy atom. The van der Waals surface area contributed by atoms with Gasteiger partial charge in [0.25, 0.3) is 0 Å². The zero-order valence-electron chi connectivity index (χ0n) is 12.4. The highest BCUT2D eigenvalue weighted by molar-refractivity contribution is 5.80. The van der Waals surface area contributed by atoms with E-state index in [1.165, 1.54) is 0 Å². The highest BCUT2D eigenvalue weighted by Gasteiger charge is 2.26. The first-order chi connectivity index (χ1) is 8.55. The van der Waals surface area contributed by atoms with Gasteiger partial charge in [-0.2, -0.15) is 0 Å². The first kappa shape index (κ1) is 20.0. The predicted octanol–water partition coefficient (Wildman–Crippen LogP) is 0.524. The van der Waals surface area contributed by atoms with Crippen LogP contribution in [0.15, 0.2) is 0 Å². The lowest BCUT2D eigenvalue weighted by molar-refractivity contribution is -0.140. The third-order valence-corrected chi connectivity index (χ3v) is 1.77. The predicted molar refractivity (Wildman–Crippen MR) is 73.7 cm³/mol. The van der Waals surface area contributed by atoms with Crippen molar-refractivity contribution in [2.45, 2.75) is 46.3 Å². The van der Waals surface area contributed by atoms with Crippen LogP contribution >= 0.6 is 0 Å². The number of rotatable bonds is 4. The minimum Gasteiger partial charge on any atom is -0.480 e. The van der Waals surface area contributed by atoms with Crippen molar-refractivity contribution in [2.75, 3.05) is 13.1 Å². The molecule has 0 aliphatic rings. The second kappa shape index (κ2) is 9.57. The molecule has 1 atom stereocenters. The van der Waals surface area contributed by atoms with E-state index in [-0.39, 0.29) is 5.92 Å². The maximum atomic E-state index is 11.3. The molecular weight excluding hydrogens is 250 g/mol. The molecular formula is C12H27N3O4. The molecule has 0 aromatic rings. The summed E-state index contributed by atoms with van der Waals surface area (Å²) in [6, 6.07) is -0.917. The summed E-state index contributed by atoms with van der Waals surface area (Å²) in [5.41, 5.74) is 9.18. The zero-order valence-corrected chi connectivity index (χ0v) is 12.4. The summed E-state index contributed by atoms with van der Waals surface area (Å²) in [5.74, 6) is -1.24. The monoisotopic (exact) mass is 277 g/mol. The van der Waals surface area contributed by atoms with Gasteiger partial charge in [-0.25, -0.2) is 9.59 Å². The van der Waals surface area contributed by atoms with Crippen LogP contribution < -0.4 is 16.8 Å². The fourth-order valence-corrected chi connectivity index (χ4v) is 0.948. The lowest BCUT2D eigenvalue weighted by Gasteiger charge is -2.23. The summed E-state index contributed by atoms with van der Waals surface area (Å²) >= 11 is 0. The quantitative estimate of drug-likeness (QED) is 0.593. The van der Waals surface area contributed by atoms with Crippen molar-refractivity contribution < 1.29 is 19.4 Å². The van der Waals surface area contributed by atoms with Crippen molar-refractivity contribution in [3.63, 3.8) is 0 Å². The van der Waals surface area contributed by atoms with E-state index in [1.54, 1.807) is 34.6 Å². The second-order valence-electron chi connectivity index (χ2n) is 5.28. The molecule has 0 radical (unpaired) electrons. The molecule has 0 fully saturated rings. The molecule has 114 valence electrons. The maximum Gasteiger partial charge on any atom is 0.408 e. The number of nitrogens with two attached hydrogens (primary N) is 2. The van der Waals surface area contributed by atoms with E-state index < -0.39 is 23.7 Å². The number of amides is 1. The summed E-state index contributed by atoms with van der Waals surface area (Å²) in [7, 11) is 0. The van der Waals surface area contributed by atoms with Crippen molar-refractivity contribution in [3.05, 3.63) is 0 Å². The van der Waals surface area contributed by atoms with Crippen LogP contribution in [-0.2, 0) is 9.53 Å². The molecule has 0 spiro atoms. The maximum absolute atomic E-state index is 11.3. The molecule has 1 amide bonds. The van der Waals surface area contributed by atoms with Gasteiger partial charge >= 0.3 is 12.1 Å². The van der Waals surface area contributed by atoms with Gasteiger partial charge in [0.1, 0.15) is 11.6 Å². The summed E-state index contributed by atoms with van der Waals surface area (Å²) in [6.45, 7) is 9.79. The Balaban J connectivity index is 0. The van der Waals surface area contributed by atoms with Gasteiger partial charge in [0, 0.05) is 13.1 Å². The average molecular weight is 277 g/mol. The molecule has 6 N–H and O–H groups in total. The van der Waals surface area contributed by atoms with Gasteiger partial charge in [-0.05, 0) is 26.7 Å². The number of alkyl carbamates (subject to hydrolysis) is 1. The topological polar surface area (TPSA) is 128 Å². The number of carbonyl (C=O) groups excluding carboxylic acids is 1. The van der Waals surface area contributed by atoms with E-state index in [1.807, 2.05) is 0 Å². The summed E-state index contributed by atoms with van der Waals surface area (Å²) in [5, 5.41) is 11.1. The smallest absolute Gasteiger partial charge is 0.408 e. The summed E-state index contributed by atoms with van der Waals surface area (Å²) in [6.07, 6.45) is -0.705. The first-order valence-corrected chi connectivity index (χ1v) is 6.17. The van der Waals surface area contributed by atoms with Gasteiger partial charge < -0.3 is 26.6 Å². The lowest BCUT2D eigenvalue weighted by atomic mass is 10.1. The Labute approximate surface area is 114 Å². The minimum absolute atomic E-state index is 0.185. The standard InChI is InChI=1S/C10H19NO4.C2H8N2/c1-6(2)7(8(12)13)11-9(14)15-10(3,4)5;3-1-2-4/h6-7H,1-5H3,(H,11,14)(H,12,13);1-4H2/t7-;/m0./s1. The Kier molecular flexibility index (Phi) is 10.1. The molecule has 0 bridgehead atoms. The molecule has 0 rings (SSSR count). The number of carboxylic acid groups (broad SMARTS) is 1. The molecule has 7 heteroatoms. The van der Waals surface area contributed by atoms with Crippen LogP contribution in [0.1, 0.15) is 34.6 Å². The van der Waals surface area contributed by atoms with E-state index in [0.29, 0.717) is 13.1 Å².